The standard InChI is InChI=1S/C31H38N2O7S2/c1-24-13-17-28(18-14-24)41(36,37)22-9-7-5-3-4-6-8-21-40-30(34)26-11-10-12-27(23-26)32-31(35)33-42(38,39)29-19-15-25(2)16-20-29/h10-20,23H,3-9,21-22H2,1-2H3,(H2,32,33,35). The van der Waals surface area contributed by atoms with Gasteiger partial charge in [0.15, 0.2) is 9.84 Å². The molecule has 2 N–H and O–H groups in total. The highest BCUT2D eigenvalue weighted by Gasteiger charge is 2.18. The molecule has 11 heteroatoms. The number of hydrogen-bond acceptors (Lipinski definition) is 7. The van der Waals surface area contributed by atoms with Crippen molar-refractivity contribution in [3.05, 3.63) is 89.5 Å². The Morgan fingerprint density at radius 1 is 0.690 bits per heavy atom. The zero-order valence-corrected chi connectivity index (χ0v) is 25.6. The van der Waals surface area contributed by atoms with Gasteiger partial charge in [0.2, 0.25) is 0 Å². The number of anilines is 1. The van der Waals surface area contributed by atoms with Crippen LogP contribution in [0.1, 0.15) is 66.4 Å². The lowest BCUT2D eigenvalue weighted by Gasteiger charge is -2.10. The first-order valence-electron chi connectivity index (χ1n) is 13.9. The van der Waals surface area contributed by atoms with Crippen molar-refractivity contribution in [2.45, 2.75) is 68.6 Å². The Hall–Kier alpha value is -3.70. The maximum absolute atomic E-state index is 12.4. The monoisotopic (exact) mass is 614 g/mol. The predicted molar refractivity (Wildman–Crippen MR) is 163 cm³/mol. The van der Waals surface area contributed by atoms with Gasteiger partial charge < -0.3 is 10.1 Å². The summed E-state index contributed by atoms with van der Waals surface area (Å²) in [6.45, 7) is 4.00. The third kappa shape index (κ3) is 10.6. The Morgan fingerprint density at radius 2 is 1.24 bits per heavy atom. The number of aryl methyl sites for hydroxylation is 2. The molecule has 0 heterocycles. The predicted octanol–water partition coefficient (Wildman–Crippen LogP) is 6.18. The molecular formula is C31H38N2O7S2. The van der Waals surface area contributed by atoms with E-state index in [-0.39, 0.29) is 28.5 Å². The molecule has 0 radical (unpaired) electrons. The summed E-state index contributed by atoms with van der Waals surface area (Å²) in [5.74, 6) is -0.388. The number of amides is 2. The lowest BCUT2D eigenvalue weighted by atomic mass is 10.1. The summed E-state index contributed by atoms with van der Waals surface area (Å²) >= 11 is 0. The maximum atomic E-state index is 12.4. The molecule has 0 aliphatic rings. The SMILES string of the molecule is Cc1ccc(S(=O)(=O)CCCCCCCCCOC(=O)c2cccc(NC(=O)NS(=O)(=O)c3ccc(C)cc3)c2)cc1. The van der Waals surface area contributed by atoms with E-state index in [0.29, 0.717) is 17.7 Å². The van der Waals surface area contributed by atoms with Gasteiger partial charge in [0.1, 0.15) is 0 Å². The summed E-state index contributed by atoms with van der Waals surface area (Å²) in [4.78, 5) is 25.0. The lowest BCUT2D eigenvalue weighted by Crippen LogP contribution is -2.34. The topological polar surface area (TPSA) is 136 Å². The third-order valence-corrected chi connectivity index (χ3v) is 9.75. The number of benzene rings is 3. The second-order valence-corrected chi connectivity index (χ2v) is 14.0. The van der Waals surface area contributed by atoms with Crippen molar-refractivity contribution in [1.29, 1.82) is 0 Å². The molecule has 3 rings (SSSR count). The van der Waals surface area contributed by atoms with Crippen LogP contribution in [0.4, 0.5) is 10.5 Å². The van der Waals surface area contributed by atoms with Crippen molar-refractivity contribution in [2.75, 3.05) is 17.7 Å². The van der Waals surface area contributed by atoms with Crippen molar-refractivity contribution in [3.8, 4) is 0 Å². The van der Waals surface area contributed by atoms with E-state index in [1.165, 1.54) is 24.3 Å². The van der Waals surface area contributed by atoms with Crippen LogP contribution in [0.15, 0.2) is 82.6 Å². The second-order valence-electron chi connectivity index (χ2n) is 10.2. The van der Waals surface area contributed by atoms with E-state index in [9.17, 15) is 26.4 Å². The van der Waals surface area contributed by atoms with Crippen molar-refractivity contribution in [1.82, 2.24) is 4.72 Å². The smallest absolute Gasteiger partial charge is 0.338 e. The van der Waals surface area contributed by atoms with Crippen molar-refractivity contribution in [3.63, 3.8) is 0 Å². The van der Waals surface area contributed by atoms with Gasteiger partial charge in [-0.25, -0.2) is 31.1 Å². The minimum Gasteiger partial charge on any atom is -0.462 e. The summed E-state index contributed by atoms with van der Waals surface area (Å²) in [7, 11) is -7.28. The van der Waals surface area contributed by atoms with Crippen LogP contribution in [-0.2, 0) is 24.6 Å². The fourth-order valence-electron chi connectivity index (χ4n) is 4.17. The number of rotatable bonds is 15. The number of esters is 1. The minimum atomic E-state index is -4.05. The molecule has 2 amide bonds. The molecule has 0 atom stereocenters. The molecule has 0 spiro atoms. The number of ether oxygens (including phenoxy) is 1. The Bertz CT molecular complexity index is 1550. The van der Waals surface area contributed by atoms with Gasteiger partial charge in [-0.2, -0.15) is 0 Å². The number of sulfone groups is 1. The Labute approximate surface area is 248 Å². The van der Waals surface area contributed by atoms with Crippen LogP contribution in [0, 0.1) is 13.8 Å². The van der Waals surface area contributed by atoms with Crippen LogP contribution in [0.5, 0.6) is 0 Å². The van der Waals surface area contributed by atoms with E-state index in [0.717, 1.165) is 43.2 Å². The molecule has 3 aromatic carbocycles. The number of carbonyl (C=O) groups is 2. The number of sulfonamides is 1. The molecule has 0 aromatic heterocycles. The number of nitrogens with one attached hydrogen (secondary N) is 2. The lowest BCUT2D eigenvalue weighted by molar-refractivity contribution is 0.0497. The van der Waals surface area contributed by atoms with E-state index in [2.05, 4.69) is 5.32 Å². The first-order chi connectivity index (χ1) is 20.0. The zero-order chi connectivity index (χ0) is 30.6. The van der Waals surface area contributed by atoms with Gasteiger partial charge in [0.25, 0.3) is 10.0 Å². The molecule has 9 nitrogen and oxygen atoms in total. The first-order valence-corrected chi connectivity index (χ1v) is 17.1. The van der Waals surface area contributed by atoms with Gasteiger partial charge in [-0.15, -0.1) is 0 Å². The van der Waals surface area contributed by atoms with Crippen LogP contribution in [0.3, 0.4) is 0 Å². The maximum Gasteiger partial charge on any atom is 0.338 e. The van der Waals surface area contributed by atoms with Crippen molar-refractivity contribution in [2.24, 2.45) is 0 Å². The summed E-state index contributed by atoms with van der Waals surface area (Å²) in [5, 5.41) is 2.43. The quantitative estimate of drug-likeness (QED) is 0.154. The molecular weight excluding hydrogens is 576 g/mol. The fraction of sp³-hybridized carbons (Fsp3) is 0.355. The van der Waals surface area contributed by atoms with E-state index < -0.39 is 31.9 Å². The highest BCUT2D eigenvalue weighted by molar-refractivity contribution is 7.91. The molecule has 0 aliphatic carbocycles. The molecule has 0 unspecified atom stereocenters. The summed E-state index contributed by atoms with van der Waals surface area (Å²) in [5.41, 5.74) is 2.39. The summed E-state index contributed by atoms with van der Waals surface area (Å²) in [6, 6.07) is 18.1. The molecule has 42 heavy (non-hydrogen) atoms. The normalized spacial score (nSPS) is 11.6. The Morgan fingerprint density at radius 3 is 1.86 bits per heavy atom. The minimum absolute atomic E-state index is 0.0371. The molecule has 0 aliphatic heterocycles. The number of urea groups is 1. The van der Waals surface area contributed by atoms with E-state index in [1.54, 1.807) is 36.4 Å². The van der Waals surface area contributed by atoms with Crippen molar-refractivity contribution >= 4 is 37.5 Å². The molecule has 0 saturated heterocycles. The Balaban J connectivity index is 1.30. The largest absolute Gasteiger partial charge is 0.462 e. The highest BCUT2D eigenvalue weighted by Crippen LogP contribution is 2.16. The molecule has 226 valence electrons. The van der Waals surface area contributed by atoms with Gasteiger partial charge in [0, 0.05) is 5.69 Å². The van der Waals surface area contributed by atoms with Gasteiger partial charge in [0.05, 0.1) is 27.7 Å². The van der Waals surface area contributed by atoms with Crippen LogP contribution >= 0.6 is 0 Å². The van der Waals surface area contributed by atoms with E-state index in [4.69, 9.17) is 4.74 Å². The highest BCUT2D eigenvalue weighted by atomic mass is 32.2. The van der Waals surface area contributed by atoms with Gasteiger partial charge in [-0.05, 0) is 69.2 Å². The van der Waals surface area contributed by atoms with Crippen LogP contribution in [0.25, 0.3) is 0 Å². The third-order valence-electron chi connectivity index (χ3n) is 6.59. The summed E-state index contributed by atoms with van der Waals surface area (Å²) < 4.78 is 56.9. The Kier molecular flexibility index (Phi) is 12.1. The first kappa shape index (κ1) is 32.8. The second kappa shape index (κ2) is 15.5. The zero-order valence-electron chi connectivity index (χ0n) is 24.0. The summed E-state index contributed by atoms with van der Waals surface area (Å²) in [6.07, 6.45) is 5.95. The fourth-order valence-corrected chi connectivity index (χ4v) is 6.45. The van der Waals surface area contributed by atoms with E-state index >= 15 is 0 Å². The van der Waals surface area contributed by atoms with E-state index in [1.807, 2.05) is 30.7 Å². The number of unbranched alkanes of at least 4 members (excludes halogenated alkanes) is 6. The van der Waals surface area contributed by atoms with Crippen LogP contribution in [0.2, 0.25) is 0 Å². The average molecular weight is 615 g/mol. The molecule has 0 bridgehead atoms. The number of carbonyl (C=O) groups excluding carboxylic acids is 2. The average Bonchev–Trinajstić information content (AvgIpc) is 2.94. The molecule has 0 saturated carbocycles. The van der Waals surface area contributed by atoms with Crippen LogP contribution in [-0.4, -0.2) is 41.2 Å². The number of hydrogen-bond donors (Lipinski definition) is 2. The van der Waals surface area contributed by atoms with Gasteiger partial charge in [-0.3, -0.25) is 0 Å². The van der Waals surface area contributed by atoms with Crippen molar-refractivity contribution < 1.29 is 31.2 Å². The van der Waals surface area contributed by atoms with Crippen LogP contribution < -0.4 is 10.0 Å². The molecule has 3 aromatic rings. The van der Waals surface area contributed by atoms with Gasteiger partial charge in [-0.1, -0.05) is 73.6 Å². The molecule has 0 fully saturated rings. The van der Waals surface area contributed by atoms with Gasteiger partial charge >= 0.3 is 12.0 Å².